The van der Waals surface area contributed by atoms with Gasteiger partial charge in [0.15, 0.2) is 0 Å². The first-order chi connectivity index (χ1) is 12.7. The number of nitrogens with one attached hydrogen (secondary N) is 2. The molecular weight excluding hydrogens is 328 g/mol. The van der Waals surface area contributed by atoms with E-state index < -0.39 is 0 Å². The van der Waals surface area contributed by atoms with Gasteiger partial charge in [-0.25, -0.2) is 0 Å². The van der Waals surface area contributed by atoms with Gasteiger partial charge >= 0.3 is 0 Å². The van der Waals surface area contributed by atoms with E-state index in [1.807, 2.05) is 60.7 Å². The second-order valence-corrected chi connectivity index (χ2v) is 5.46. The van der Waals surface area contributed by atoms with E-state index in [4.69, 9.17) is 0 Å². The van der Waals surface area contributed by atoms with Gasteiger partial charge in [-0.1, -0.05) is 60.7 Å². The summed E-state index contributed by atoms with van der Waals surface area (Å²) >= 11 is 0. The third-order valence-electron chi connectivity index (χ3n) is 3.32. The summed E-state index contributed by atoms with van der Waals surface area (Å²) in [6, 6.07) is 19.1. The van der Waals surface area contributed by atoms with Gasteiger partial charge in [-0.3, -0.25) is 19.6 Å². The van der Waals surface area contributed by atoms with E-state index in [2.05, 4.69) is 20.6 Å². The Hall–Kier alpha value is -3.28. The molecule has 0 aliphatic carbocycles. The van der Waals surface area contributed by atoms with Crippen molar-refractivity contribution >= 4 is 24.2 Å². The summed E-state index contributed by atoms with van der Waals surface area (Å²) in [5.41, 5.74) is 1.90. The average molecular weight is 350 g/mol. The topological polar surface area (TPSA) is 82.9 Å². The molecule has 6 heteroatoms. The molecule has 0 saturated heterocycles. The number of hydrogen-bond acceptors (Lipinski definition) is 4. The third kappa shape index (κ3) is 8.01. The van der Waals surface area contributed by atoms with Crippen LogP contribution < -0.4 is 10.6 Å². The number of amides is 2. The van der Waals surface area contributed by atoms with E-state index in [1.54, 1.807) is 12.4 Å². The highest BCUT2D eigenvalue weighted by molar-refractivity contribution is 5.85. The number of aliphatic imine (C=N–C) groups is 2. The van der Waals surface area contributed by atoms with Crippen molar-refractivity contribution in [1.82, 2.24) is 10.6 Å². The Balaban J connectivity index is 1.55. The van der Waals surface area contributed by atoms with E-state index in [-0.39, 0.29) is 24.9 Å². The SMILES string of the molecule is O=C(CN=Cc1ccccc1)NCCNC(=O)CN=Cc1ccccc1. The molecule has 0 aromatic heterocycles. The van der Waals surface area contributed by atoms with Crippen molar-refractivity contribution in [1.29, 1.82) is 0 Å². The third-order valence-corrected chi connectivity index (χ3v) is 3.32. The predicted molar refractivity (Wildman–Crippen MR) is 104 cm³/mol. The Kier molecular flexibility index (Phi) is 8.28. The molecule has 0 aliphatic rings. The van der Waals surface area contributed by atoms with Crippen LogP contribution in [-0.2, 0) is 9.59 Å². The van der Waals surface area contributed by atoms with Crippen LogP contribution in [0, 0.1) is 0 Å². The van der Waals surface area contributed by atoms with Gasteiger partial charge in [0.05, 0.1) is 0 Å². The summed E-state index contributed by atoms with van der Waals surface area (Å²) in [5.74, 6) is -0.373. The Morgan fingerprint density at radius 3 is 1.46 bits per heavy atom. The Bertz CT molecular complexity index is 677. The second kappa shape index (κ2) is 11.3. The summed E-state index contributed by atoms with van der Waals surface area (Å²) < 4.78 is 0. The van der Waals surface area contributed by atoms with Crippen LogP contribution >= 0.6 is 0 Å². The highest BCUT2D eigenvalue weighted by atomic mass is 16.2. The first-order valence-corrected chi connectivity index (χ1v) is 8.37. The number of nitrogens with zero attached hydrogens (tertiary/aromatic N) is 2. The fourth-order valence-corrected chi connectivity index (χ4v) is 2.06. The van der Waals surface area contributed by atoms with Crippen LogP contribution in [0.2, 0.25) is 0 Å². The standard InChI is InChI=1S/C20H22N4O2/c25-19(15-21-13-17-7-3-1-4-8-17)23-11-12-24-20(26)16-22-14-18-9-5-2-6-10-18/h1-10,13-14H,11-12,15-16H2,(H,23,25)(H,24,26). The monoisotopic (exact) mass is 350 g/mol. The normalized spacial score (nSPS) is 10.9. The Labute approximate surface area is 153 Å². The molecule has 0 saturated carbocycles. The van der Waals surface area contributed by atoms with Crippen molar-refractivity contribution in [2.45, 2.75) is 0 Å². The number of carbonyl (C=O) groups excluding carboxylic acids is 2. The van der Waals surface area contributed by atoms with Crippen LogP contribution in [0.4, 0.5) is 0 Å². The number of hydrogen-bond donors (Lipinski definition) is 2. The minimum absolute atomic E-state index is 0.0597. The van der Waals surface area contributed by atoms with Gasteiger partial charge in [0.2, 0.25) is 11.8 Å². The summed E-state index contributed by atoms with van der Waals surface area (Å²) in [6.07, 6.45) is 3.32. The molecule has 0 radical (unpaired) electrons. The van der Waals surface area contributed by atoms with Gasteiger partial charge in [-0.15, -0.1) is 0 Å². The lowest BCUT2D eigenvalue weighted by atomic mass is 10.2. The van der Waals surface area contributed by atoms with Crippen molar-refractivity contribution in [3.63, 3.8) is 0 Å². The lowest BCUT2D eigenvalue weighted by Gasteiger charge is -2.05. The highest BCUT2D eigenvalue weighted by Crippen LogP contribution is 1.94. The number of carbonyl (C=O) groups is 2. The zero-order valence-electron chi connectivity index (χ0n) is 14.5. The van der Waals surface area contributed by atoms with Crippen molar-refractivity contribution in [3.05, 3.63) is 71.8 Å². The first-order valence-electron chi connectivity index (χ1n) is 8.37. The van der Waals surface area contributed by atoms with Gasteiger partial charge in [0.25, 0.3) is 0 Å². The van der Waals surface area contributed by atoms with Crippen molar-refractivity contribution in [2.75, 3.05) is 26.2 Å². The lowest BCUT2D eigenvalue weighted by molar-refractivity contribution is -0.121. The molecule has 0 heterocycles. The minimum Gasteiger partial charge on any atom is -0.353 e. The van der Waals surface area contributed by atoms with Gasteiger partial charge in [-0.05, 0) is 11.1 Å². The maximum absolute atomic E-state index is 11.6. The molecule has 0 spiro atoms. The van der Waals surface area contributed by atoms with Crippen LogP contribution in [0.5, 0.6) is 0 Å². The second-order valence-electron chi connectivity index (χ2n) is 5.46. The fraction of sp³-hybridized carbons (Fsp3) is 0.200. The van der Waals surface area contributed by atoms with Gasteiger partial charge in [0, 0.05) is 25.5 Å². The van der Waals surface area contributed by atoms with Crippen LogP contribution in [0.15, 0.2) is 70.6 Å². The minimum atomic E-state index is -0.187. The van der Waals surface area contributed by atoms with Crippen molar-refractivity contribution in [2.24, 2.45) is 9.98 Å². The molecule has 0 unspecified atom stereocenters. The van der Waals surface area contributed by atoms with Gasteiger partial charge in [-0.2, -0.15) is 0 Å². The summed E-state index contributed by atoms with van der Waals surface area (Å²) in [5, 5.41) is 5.40. The molecule has 0 aliphatic heterocycles. The highest BCUT2D eigenvalue weighted by Gasteiger charge is 2.00. The maximum atomic E-state index is 11.6. The lowest BCUT2D eigenvalue weighted by Crippen LogP contribution is -2.36. The van der Waals surface area contributed by atoms with Gasteiger partial charge < -0.3 is 10.6 Å². The molecule has 2 aromatic rings. The molecular formula is C20H22N4O2. The van der Waals surface area contributed by atoms with E-state index in [1.165, 1.54) is 0 Å². The summed E-state index contributed by atoms with van der Waals surface area (Å²) in [6.45, 7) is 0.829. The molecule has 6 nitrogen and oxygen atoms in total. The van der Waals surface area contributed by atoms with Crippen LogP contribution in [0.25, 0.3) is 0 Å². The van der Waals surface area contributed by atoms with Crippen molar-refractivity contribution < 1.29 is 9.59 Å². The fourth-order valence-electron chi connectivity index (χ4n) is 2.06. The van der Waals surface area contributed by atoms with Crippen LogP contribution in [0.1, 0.15) is 11.1 Å². The number of benzene rings is 2. The van der Waals surface area contributed by atoms with Crippen molar-refractivity contribution in [3.8, 4) is 0 Å². The average Bonchev–Trinajstić information content (AvgIpc) is 2.67. The molecule has 0 atom stereocenters. The van der Waals surface area contributed by atoms with Crippen LogP contribution in [-0.4, -0.2) is 50.4 Å². The van der Waals surface area contributed by atoms with E-state index in [9.17, 15) is 9.59 Å². The summed E-state index contributed by atoms with van der Waals surface area (Å²) in [7, 11) is 0. The first kappa shape index (κ1) is 19.1. The maximum Gasteiger partial charge on any atom is 0.241 e. The van der Waals surface area contributed by atoms with Gasteiger partial charge in [0.1, 0.15) is 13.1 Å². The molecule has 2 N–H and O–H groups in total. The zero-order valence-corrected chi connectivity index (χ0v) is 14.5. The molecule has 2 amide bonds. The van der Waals surface area contributed by atoms with E-state index in [0.717, 1.165) is 11.1 Å². The number of rotatable bonds is 9. The largest absolute Gasteiger partial charge is 0.353 e. The smallest absolute Gasteiger partial charge is 0.241 e. The molecule has 0 fully saturated rings. The van der Waals surface area contributed by atoms with E-state index >= 15 is 0 Å². The van der Waals surface area contributed by atoms with Crippen LogP contribution in [0.3, 0.4) is 0 Å². The Morgan fingerprint density at radius 1 is 0.692 bits per heavy atom. The molecule has 2 aromatic carbocycles. The van der Waals surface area contributed by atoms with E-state index in [0.29, 0.717) is 13.1 Å². The quantitative estimate of drug-likeness (QED) is 0.530. The zero-order chi connectivity index (χ0) is 18.5. The molecule has 0 bridgehead atoms. The molecule has 2 rings (SSSR count). The Morgan fingerprint density at radius 2 is 1.08 bits per heavy atom. The molecule has 26 heavy (non-hydrogen) atoms. The predicted octanol–water partition coefficient (Wildman–Crippen LogP) is 1.46. The molecule has 134 valence electrons. The summed E-state index contributed by atoms with van der Waals surface area (Å²) in [4.78, 5) is 31.5.